The number of imide groups is 1. The summed E-state index contributed by atoms with van der Waals surface area (Å²) in [5.41, 5.74) is 3.83. The third-order valence-electron chi connectivity index (χ3n) is 4.24. The molecule has 1 heterocycles. The van der Waals surface area contributed by atoms with E-state index in [1.54, 1.807) is 19.2 Å². The van der Waals surface area contributed by atoms with E-state index in [9.17, 15) is 9.59 Å². The van der Waals surface area contributed by atoms with Crippen molar-refractivity contribution >= 4 is 34.8 Å². The summed E-state index contributed by atoms with van der Waals surface area (Å²) >= 11 is 1.43. The molecule has 0 atom stereocenters. The number of hydrogen-bond donors (Lipinski definition) is 0. The molecule has 0 aliphatic carbocycles. The predicted molar refractivity (Wildman–Crippen MR) is 111 cm³/mol. The van der Waals surface area contributed by atoms with Gasteiger partial charge in [-0.05, 0) is 54.8 Å². The maximum absolute atomic E-state index is 13.3. The molecule has 0 N–H and O–H groups in total. The Morgan fingerprint density at radius 1 is 0.926 bits per heavy atom. The molecule has 140 valence electrons. The molecule has 2 aromatic carbocycles. The number of rotatable bonds is 5. The van der Waals surface area contributed by atoms with Gasteiger partial charge in [-0.3, -0.25) is 9.59 Å². The number of carbonyl (C=O) groups excluding carboxylic acids is 2. The first-order chi connectivity index (χ1) is 12.8. The Bertz CT molecular complexity index is 909. The zero-order valence-electron chi connectivity index (χ0n) is 16.2. The van der Waals surface area contributed by atoms with Gasteiger partial charge in [0, 0.05) is 5.25 Å². The van der Waals surface area contributed by atoms with Crippen molar-refractivity contribution in [3.8, 4) is 5.75 Å². The average Bonchev–Trinajstić information content (AvgIpc) is 2.84. The maximum atomic E-state index is 13.3. The van der Waals surface area contributed by atoms with E-state index >= 15 is 0 Å². The van der Waals surface area contributed by atoms with E-state index in [2.05, 4.69) is 0 Å². The van der Waals surface area contributed by atoms with Crippen LogP contribution in [0.25, 0.3) is 5.57 Å². The lowest BCUT2D eigenvalue weighted by Crippen LogP contribution is -2.31. The van der Waals surface area contributed by atoms with Gasteiger partial charge in [-0.25, -0.2) is 4.90 Å². The number of amides is 2. The SMILES string of the molecule is COc1ccc(C2=C(SC(C)C)C(=O)N(c3cc(C)cc(C)c3)C2=O)cc1. The van der Waals surface area contributed by atoms with Crippen LogP contribution in [0.3, 0.4) is 0 Å². The Balaban J connectivity index is 2.10. The van der Waals surface area contributed by atoms with E-state index in [4.69, 9.17) is 4.74 Å². The van der Waals surface area contributed by atoms with Gasteiger partial charge in [0.25, 0.3) is 11.8 Å². The molecule has 0 saturated carbocycles. The number of methoxy groups -OCH3 is 1. The van der Waals surface area contributed by atoms with Gasteiger partial charge in [0.15, 0.2) is 0 Å². The molecule has 4 nitrogen and oxygen atoms in total. The summed E-state index contributed by atoms with van der Waals surface area (Å²) in [4.78, 5) is 28.3. The lowest BCUT2D eigenvalue weighted by atomic mass is 10.1. The molecular weight excluding hydrogens is 358 g/mol. The van der Waals surface area contributed by atoms with Crippen molar-refractivity contribution in [2.24, 2.45) is 0 Å². The van der Waals surface area contributed by atoms with Gasteiger partial charge in [0.1, 0.15) is 5.75 Å². The lowest BCUT2D eigenvalue weighted by molar-refractivity contribution is -0.119. The number of aryl methyl sites for hydroxylation is 2. The third-order valence-corrected chi connectivity index (χ3v) is 5.32. The van der Waals surface area contributed by atoms with Gasteiger partial charge < -0.3 is 4.74 Å². The van der Waals surface area contributed by atoms with Crippen LogP contribution in [0.1, 0.15) is 30.5 Å². The van der Waals surface area contributed by atoms with Crippen LogP contribution in [0.4, 0.5) is 5.69 Å². The number of hydrogen-bond acceptors (Lipinski definition) is 4. The smallest absolute Gasteiger partial charge is 0.272 e. The molecule has 3 rings (SSSR count). The van der Waals surface area contributed by atoms with Crippen LogP contribution in [-0.2, 0) is 9.59 Å². The van der Waals surface area contributed by atoms with Crippen molar-refractivity contribution in [1.29, 1.82) is 0 Å². The van der Waals surface area contributed by atoms with Gasteiger partial charge >= 0.3 is 0 Å². The number of ether oxygens (including phenoxy) is 1. The maximum Gasteiger partial charge on any atom is 0.272 e. The molecule has 0 unspecified atom stereocenters. The molecule has 0 bridgehead atoms. The largest absolute Gasteiger partial charge is 0.497 e. The Labute approximate surface area is 164 Å². The number of benzene rings is 2. The van der Waals surface area contributed by atoms with Crippen LogP contribution < -0.4 is 9.64 Å². The van der Waals surface area contributed by atoms with Crippen molar-refractivity contribution in [2.45, 2.75) is 32.9 Å². The summed E-state index contributed by atoms with van der Waals surface area (Å²) < 4.78 is 5.20. The highest BCUT2D eigenvalue weighted by molar-refractivity contribution is 8.04. The number of carbonyl (C=O) groups is 2. The number of anilines is 1. The average molecular weight is 381 g/mol. The molecule has 0 fully saturated rings. The van der Waals surface area contributed by atoms with Crippen LogP contribution >= 0.6 is 11.8 Å². The van der Waals surface area contributed by atoms with E-state index in [0.29, 0.717) is 21.9 Å². The highest BCUT2D eigenvalue weighted by Crippen LogP contribution is 2.40. The summed E-state index contributed by atoms with van der Waals surface area (Å²) in [5, 5.41) is 0.184. The fraction of sp³-hybridized carbons (Fsp3) is 0.273. The molecule has 1 aliphatic heterocycles. The summed E-state index contributed by atoms with van der Waals surface area (Å²) in [5.74, 6) is 0.174. The molecule has 0 radical (unpaired) electrons. The van der Waals surface area contributed by atoms with E-state index in [1.165, 1.54) is 16.7 Å². The van der Waals surface area contributed by atoms with Crippen LogP contribution in [0.5, 0.6) is 5.75 Å². The first-order valence-corrected chi connectivity index (χ1v) is 9.72. The Morgan fingerprint density at radius 3 is 2.04 bits per heavy atom. The van der Waals surface area contributed by atoms with Crippen molar-refractivity contribution in [3.63, 3.8) is 0 Å². The second kappa shape index (κ2) is 7.61. The molecular formula is C22H23NO3S. The summed E-state index contributed by atoms with van der Waals surface area (Å²) in [6.45, 7) is 7.95. The van der Waals surface area contributed by atoms with E-state index in [-0.39, 0.29) is 17.1 Å². The predicted octanol–water partition coefficient (Wildman–Crippen LogP) is 4.74. The normalized spacial score (nSPS) is 14.5. The van der Waals surface area contributed by atoms with Crippen molar-refractivity contribution in [1.82, 2.24) is 0 Å². The fourth-order valence-corrected chi connectivity index (χ4v) is 4.17. The quantitative estimate of drug-likeness (QED) is 0.702. The molecule has 0 aromatic heterocycles. The van der Waals surface area contributed by atoms with Gasteiger partial charge in [0.05, 0.1) is 23.3 Å². The monoisotopic (exact) mass is 381 g/mol. The minimum Gasteiger partial charge on any atom is -0.497 e. The van der Waals surface area contributed by atoms with Crippen LogP contribution in [0, 0.1) is 13.8 Å². The van der Waals surface area contributed by atoms with E-state index in [1.807, 2.05) is 58.0 Å². The number of nitrogens with zero attached hydrogens (tertiary/aromatic N) is 1. The van der Waals surface area contributed by atoms with Crippen LogP contribution in [0.2, 0.25) is 0 Å². The highest BCUT2D eigenvalue weighted by Gasteiger charge is 2.40. The molecule has 5 heteroatoms. The van der Waals surface area contributed by atoms with E-state index < -0.39 is 0 Å². The van der Waals surface area contributed by atoms with Gasteiger partial charge in [-0.1, -0.05) is 32.0 Å². The molecule has 0 saturated heterocycles. The fourth-order valence-electron chi connectivity index (χ4n) is 3.18. The molecule has 2 aromatic rings. The van der Waals surface area contributed by atoms with Gasteiger partial charge in [0.2, 0.25) is 0 Å². The van der Waals surface area contributed by atoms with Gasteiger partial charge in [-0.15, -0.1) is 11.8 Å². The number of thioether (sulfide) groups is 1. The molecule has 1 aliphatic rings. The van der Waals surface area contributed by atoms with E-state index in [0.717, 1.165) is 16.7 Å². The standard InChI is InChI=1S/C22H23NO3S/c1-13(2)27-20-19(16-6-8-18(26-5)9-7-16)21(24)23(22(20)25)17-11-14(3)10-15(4)12-17/h6-13H,1-5H3. The highest BCUT2D eigenvalue weighted by atomic mass is 32.2. The van der Waals surface area contributed by atoms with Crippen molar-refractivity contribution < 1.29 is 14.3 Å². The summed E-state index contributed by atoms with van der Waals surface area (Å²) in [7, 11) is 1.60. The minimum absolute atomic E-state index is 0.184. The Morgan fingerprint density at radius 2 is 1.52 bits per heavy atom. The Hall–Kier alpha value is -2.53. The topological polar surface area (TPSA) is 46.6 Å². The minimum atomic E-state index is -0.279. The second-order valence-corrected chi connectivity index (χ2v) is 8.48. The molecule has 27 heavy (non-hydrogen) atoms. The first-order valence-electron chi connectivity index (χ1n) is 8.84. The van der Waals surface area contributed by atoms with Crippen LogP contribution in [-0.4, -0.2) is 24.2 Å². The van der Waals surface area contributed by atoms with Crippen molar-refractivity contribution in [2.75, 3.05) is 12.0 Å². The lowest BCUT2D eigenvalue weighted by Gasteiger charge is -2.17. The second-order valence-electron chi connectivity index (χ2n) is 6.89. The van der Waals surface area contributed by atoms with Crippen LogP contribution in [0.15, 0.2) is 47.4 Å². The van der Waals surface area contributed by atoms with Gasteiger partial charge in [-0.2, -0.15) is 0 Å². The Kier molecular flexibility index (Phi) is 5.42. The molecule has 2 amide bonds. The summed E-state index contributed by atoms with van der Waals surface area (Å²) in [6, 6.07) is 13.0. The molecule has 0 spiro atoms. The summed E-state index contributed by atoms with van der Waals surface area (Å²) in [6.07, 6.45) is 0. The third kappa shape index (κ3) is 3.78. The van der Waals surface area contributed by atoms with Crippen molar-refractivity contribution in [3.05, 3.63) is 64.1 Å². The first kappa shape index (κ1) is 19.2. The zero-order valence-corrected chi connectivity index (χ0v) is 17.0. The zero-order chi connectivity index (χ0) is 19.7.